The molecule has 0 spiro atoms. The van der Waals surface area contributed by atoms with E-state index in [9.17, 15) is 4.39 Å². The maximum atomic E-state index is 13.2. The molecule has 0 atom stereocenters. The fourth-order valence-electron chi connectivity index (χ4n) is 2.92. The summed E-state index contributed by atoms with van der Waals surface area (Å²) in [7, 11) is 0. The van der Waals surface area contributed by atoms with E-state index in [0.29, 0.717) is 11.6 Å². The smallest absolute Gasteiger partial charge is 0.226 e. The summed E-state index contributed by atoms with van der Waals surface area (Å²) in [4.78, 5) is 9.44. The van der Waals surface area contributed by atoms with Crippen LogP contribution in [0.25, 0.3) is 21.3 Å². The van der Waals surface area contributed by atoms with Gasteiger partial charge in [-0.05, 0) is 41.6 Å². The first-order chi connectivity index (χ1) is 12.7. The van der Waals surface area contributed by atoms with Crippen LogP contribution in [0.4, 0.5) is 4.39 Å². The van der Waals surface area contributed by atoms with Crippen molar-refractivity contribution in [3.05, 3.63) is 64.9 Å². The Balaban J connectivity index is 1.61. The van der Waals surface area contributed by atoms with Crippen LogP contribution >= 0.6 is 11.3 Å². The van der Waals surface area contributed by atoms with Crippen molar-refractivity contribution in [1.82, 2.24) is 9.97 Å². The van der Waals surface area contributed by atoms with Crippen molar-refractivity contribution in [2.24, 2.45) is 0 Å². The zero-order valence-corrected chi connectivity index (χ0v) is 15.3. The van der Waals surface area contributed by atoms with Gasteiger partial charge in [-0.1, -0.05) is 19.1 Å². The number of halogens is 1. The van der Waals surface area contributed by atoms with Crippen LogP contribution in [0.2, 0.25) is 0 Å². The first-order valence-electron chi connectivity index (χ1n) is 8.35. The van der Waals surface area contributed by atoms with E-state index in [1.807, 2.05) is 25.3 Å². The number of nitrogens with zero attached hydrogens (tertiary/aromatic N) is 2. The fraction of sp³-hybridized carbons (Fsp3) is 0.200. The average molecular weight is 368 g/mol. The average Bonchev–Trinajstić information content (AvgIpc) is 3.25. The number of aryl methyl sites for hydroxylation is 2. The summed E-state index contributed by atoms with van der Waals surface area (Å²) < 4.78 is 25.0. The lowest BCUT2D eigenvalue weighted by molar-refractivity contribution is 0.260. The second-order valence-electron chi connectivity index (χ2n) is 5.98. The highest BCUT2D eigenvalue weighted by molar-refractivity contribution is 7.17. The molecule has 26 heavy (non-hydrogen) atoms. The van der Waals surface area contributed by atoms with Crippen LogP contribution in [0, 0.1) is 12.7 Å². The molecule has 4 aromatic rings. The zero-order chi connectivity index (χ0) is 18.1. The minimum Gasteiger partial charge on any atom is -0.469 e. The Morgan fingerprint density at radius 2 is 2.00 bits per heavy atom. The predicted octanol–water partition coefficient (Wildman–Crippen LogP) is 5.54. The summed E-state index contributed by atoms with van der Waals surface area (Å²) in [5, 5.41) is 2.99. The van der Waals surface area contributed by atoms with Gasteiger partial charge in [-0.15, -0.1) is 11.3 Å². The molecule has 1 aromatic carbocycles. The van der Waals surface area contributed by atoms with E-state index in [1.54, 1.807) is 23.5 Å². The Hall–Kier alpha value is -2.73. The molecule has 0 fully saturated rings. The normalized spacial score (nSPS) is 11.2. The van der Waals surface area contributed by atoms with Gasteiger partial charge in [0.1, 0.15) is 35.1 Å². The third-order valence-electron chi connectivity index (χ3n) is 4.21. The molecule has 0 amide bonds. The van der Waals surface area contributed by atoms with E-state index in [-0.39, 0.29) is 12.4 Å². The molecule has 3 heterocycles. The number of fused-ring (bicyclic) bond motifs is 1. The highest BCUT2D eigenvalue weighted by Crippen LogP contribution is 2.32. The van der Waals surface area contributed by atoms with Crippen molar-refractivity contribution in [2.45, 2.75) is 26.9 Å². The number of thiophene rings is 1. The van der Waals surface area contributed by atoms with Crippen LogP contribution in [0.5, 0.6) is 5.88 Å². The molecule has 4 nitrogen and oxygen atoms in total. The highest BCUT2D eigenvalue weighted by atomic mass is 32.1. The molecule has 0 bridgehead atoms. The van der Waals surface area contributed by atoms with Gasteiger partial charge < -0.3 is 9.15 Å². The summed E-state index contributed by atoms with van der Waals surface area (Å²) in [6.45, 7) is 4.32. The van der Waals surface area contributed by atoms with E-state index in [2.05, 4.69) is 9.97 Å². The SMILES string of the molecule is CCc1oc(COc2ncnc3scc(C)c23)cc1-c1ccc(F)cc1. The third-order valence-corrected chi connectivity index (χ3v) is 5.21. The first kappa shape index (κ1) is 16.7. The number of hydrogen-bond acceptors (Lipinski definition) is 5. The molecule has 3 aromatic heterocycles. The van der Waals surface area contributed by atoms with Crippen molar-refractivity contribution in [3.63, 3.8) is 0 Å². The van der Waals surface area contributed by atoms with Crippen molar-refractivity contribution >= 4 is 21.6 Å². The summed E-state index contributed by atoms with van der Waals surface area (Å²) in [5.41, 5.74) is 2.99. The third kappa shape index (κ3) is 3.08. The van der Waals surface area contributed by atoms with E-state index in [0.717, 1.165) is 39.1 Å². The standard InChI is InChI=1S/C20H17FN2O2S/c1-3-17-16(13-4-6-14(21)7-5-13)8-15(25-17)9-24-19-18-12(2)10-26-20(18)23-11-22-19/h4-8,10-11H,3,9H2,1-2H3. The topological polar surface area (TPSA) is 48.2 Å². The van der Waals surface area contributed by atoms with E-state index in [1.165, 1.54) is 18.5 Å². The molecule has 4 rings (SSSR count). The summed E-state index contributed by atoms with van der Waals surface area (Å²) in [6.07, 6.45) is 2.26. The Morgan fingerprint density at radius 1 is 1.19 bits per heavy atom. The van der Waals surface area contributed by atoms with Crippen LogP contribution < -0.4 is 4.74 Å². The number of furan rings is 1. The van der Waals surface area contributed by atoms with Gasteiger partial charge in [0.25, 0.3) is 0 Å². The van der Waals surface area contributed by atoms with Gasteiger partial charge in [-0.3, -0.25) is 0 Å². The molecule has 0 aliphatic carbocycles. The van der Waals surface area contributed by atoms with Crippen LogP contribution in [-0.2, 0) is 13.0 Å². The lowest BCUT2D eigenvalue weighted by atomic mass is 10.1. The van der Waals surface area contributed by atoms with Crippen LogP contribution in [-0.4, -0.2) is 9.97 Å². The van der Waals surface area contributed by atoms with Gasteiger partial charge >= 0.3 is 0 Å². The molecular weight excluding hydrogens is 351 g/mol. The molecular formula is C20H17FN2O2S. The van der Waals surface area contributed by atoms with Gasteiger partial charge in [0.2, 0.25) is 5.88 Å². The summed E-state index contributed by atoms with van der Waals surface area (Å²) in [5.74, 6) is 1.87. The van der Waals surface area contributed by atoms with Crippen molar-refractivity contribution in [3.8, 4) is 17.0 Å². The maximum absolute atomic E-state index is 13.2. The minimum absolute atomic E-state index is 0.252. The largest absolute Gasteiger partial charge is 0.469 e. The Bertz CT molecular complexity index is 1050. The number of aromatic nitrogens is 2. The molecule has 0 radical (unpaired) electrons. The lowest BCUT2D eigenvalue weighted by Crippen LogP contribution is -1.97. The number of benzene rings is 1. The molecule has 0 N–H and O–H groups in total. The van der Waals surface area contributed by atoms with Crippen LogP contribution in [0.3, 0.4) is 0 Å². The van der Waals surface area contributed by atoms with Gasteiger partial charge in [0, 0.05) is 12.0 Å². The number of rotatable bonds is 5. The number of ether oxygens (including phenoxy) is 1. The summed E-state index contributed by atoms with van der Waals surface area (Å²) in [6, 6.07) is 8.37. The molecule has 0 aliphatic rings. The fourth-order valence-corrected chi connectivity index (χ4v) is 3.81. The molecule has 6 heteroatoms. The lowest BCUT2D eigenvalue weighted by Gasteiger charge is -2.04. The second kappa shape index (κ2) is 6.88. The predicted molar refractivity (Wildman–Crippen MR) is 100.0 cm³/mol. The molecule has 0 saturated carbocycles. The molecule has 0 unspecified atom stereocenters. The quantitative estimate of drug-likeness (QED) is 0.464. The second-order valence-corrected chi connectivity index (χ2v) is 6.83. The van der Waals surface area contributed by atoms with Gasteiger partial charge in [-0.2, -0.15) is 0 Å². The highest BCUT2D eigenvalue weighted by Gasteiger charge is 2.14. The van der Waals surface area contributed by atoms with Crippen LogP contribution in [0.15, 0.2) is 46.5 Å². The van der Waals surface area contributed by atoms with Crippen LogP contribution in [0.1, 0.15) is 24.0 Å². The molecule has 0 aliphatic heterocycles. The zero-order valence-electron chi connectivity index (χ0n) is 14.5. The van der Waals surface area contributed by atoms with E-state index in [4.69, 9.17) is 9.15 Å². The van der Waals surface area contributed by atoms with Gasteiger partial charge in [0.15, 0.2) is 0 Å². The minimum atomic E-state index is -0.252. The Morgan fingerprint density at radius 3 is 2.77 bits per heavy atom. The van der Waals surface area contributed by atoms with Crippen molar-refractivity contribution in [2.75, 3.05) is 0 Å². The van der Waals surface area contributed by atoms with E-state index < -0.39 is 0 Å². The Kier molecular flexibility index (Phi) is 4.42. The van der Waals surface area contributed by atoms with E-state index >= 15 is 0 Å². The summed E-state index contributed by atoms with van der Waals surface area (Å²) >= 11 is 1.57. The molecule has 0 saturated heterocycles. The monoisotopic (exact) mass is 368 g/mol. The maximum Gasteiger partial charge on any atom is 0.226 e. The van der Waals surface area contributed by atoms with Crippen molar-refractivity contribution in [1.29, 1.82) is 0 Å². The number of hydrogen-bond donors (Lipinski definition) is 0. The van der Waals surface area contributed by atoms with Gasteiger partial charge in [-0.25, -0.2) is 14.4 Å². The van der Waals surface area contributed by atoms with Gasteiger partial charge in [0.05, 0.1) is 5.39 Å². The van der Waals surface area contributed by atoms with Crippen molar-refractivity contribution < 1.29 is 13.5 Å². The molecule has 132 valence electrons. The first-order valence-corrected chi connectivity index (χ1v) is 9.22. The Labute approximate surface area is 154 Å².